The topological polar surface area (TPSA) is 32.3 Å². The number of aldehydes is 1. The van der Waals surface area contributed by atoms with Gasteiger partial charge in [0.05, 0.1) is 5.54 Å². The first kappa shape index (κ1) is 10.1. The zero-order valence-corrected chi connectivity index (χ0v) is 8.80. The minimum absolute atomic E-state index is 0.119. The van der Waals surface area contributed by atoms with Crippen LogP contribution >= 0.6 is 0 Å². The lowest BCUT2D eigenvalue weighted by atomic mass is 9.86. The summed E-state index contributed by atoms with van der Waals surface area (Å²) in [6, 6.07) is 0. The van der Waals surface area contributed by atoms with Crippen LogP contribution in [0.15, 0.2) is 0 Å². The van der Waals surface area contributed by atoms with Crippen LogP contribution in [0.1, 0.15) is 32.1 Å². The Labute approximate surface area is 85.8 Å². The van der Waals surface area contributed by atoms with Crippen LogP contribution < -0.4 is 5.32 Å². The quantitative estimate of drug-likeness (QED) is 0.663. The summed E-state index contributed by atoms with van der Waals surface area (Å²) < 4.78 is 0. The molecule has 0 bridgehead atoms. The maximum absolute atomic E-state index is 11.3. The van der Waals surface area contributed by atoms with E-state index < -0.39 is 0 Å². The number of nitrogens with one attached hydrogen (secondary N) is 1. The first-order chi connectivity index (χ1) is 6.87. The normalized spacial score (nSPS) is 28.6. The van der Waals surface area contributed by atoms with Crippen molar-refractivity contribution in [2.24, 2.45) is 0 Å². The fourth-order valence-electron chi connectivity index (χ4n) is 2.71. The van der Waals surface area contributed by atoms with Gasteiger partial charge < -0.3 is 10.1 Å². The molecule has 2 heterocycles. The summed E-state index contributed by atoms with van der Waals surface area (Å²) in [7, 11) is 0. The van der Waals surface area contributed by atoms with Gasteiger partial charge in [0.1, 0.15) is 6.29 Å². The standard InChI is InChI=1S/C11H20N2O/c14-10-11(4-6-12-7-5-11)13-8-2-1-3-9-13/h10,12H,1-9H2. The van der Waals surface area contributed by atoms with Gasteiger partial charge in [-0.1, -0.05) is 6.42 Å². The summed E-state index contributed by atoms with van der Waals surface area (Å²) in [5.74, 6) is 0. The number of carbonyl (C=O) groups is 1. The van der Waals surface area contributed by atoms with Crippen LogP contribution in [0.2, 0.25) is 0 Å². The van der Waals surface area contributed by atoms with Crippen molar-refractivity contribution in [1.29, 1.82) is 0 Å². The summed E-state index contributed by atoms with van der Waals surface area (Å²) >= 11 is 0. The van der Waals surface area contributed by atoms with Crippen molar-refractivity contribution in [2.75, 3.05) is 26.2 Å². The largest absolute Gasteiger partial charge is 0.317 e. The zero-order valence-electron chi connectivity index (χ0n) is 8.80. The molecule has 1 N–H and O–H groups in total. The van der Waals surface area contributed by atoms with Crippen molar-refractivity contribution >= 4 is 6.29 Å². The molecule has 0 saturated carbocycles. The number of likely N-dealkylation sites (tertiary alicyclic amines) is 1. The Morgan fingerprint density at radius 3 is 2.29 bits per heavy atom. The summed E-state index contributed by atoms with van der Waals surface area (Å²) in [6.07, 6.45) is 7.07. The molecule has 14 heavy (non-hydrogen) atoms. The molecule has 2 aliphatic heterocycles. The third-order valence-corrected chi connectivity index (χ3v) is 3.67. The minimum Gasteiger partial charge on any atom is -0.317 e. The summed E-state index contributed by atoms with van der Waals surface area (Å²) in [6.45, 7) is 4.24. The van der Waals surface area contributed by atoms with Crippen LogP contribution in [0.3, 0.4) is 0 Å². The highest BCUT2D eigenvalue weighted by Crippen LogP contribution is 2.27. The van der Waals surface area contributed by atoms with Gasteiger partial charge in [-0.3, -0.25) is 4.90 Å². The molecule has 0 atom stereocenters. The third-order valence-electron chi connectivity index (χ3n) is 3.67. The van der Waals surface area contributed by atoms with E-state index >= 15 is 0 Å². The van der Waals surface area contributed by atoms with Crippen LogP contribution in [0.5, 0.6) is 0 Å². The average Bonchev–Trinajstić information content (AvgIpc) is 2.31. The molecule has 0 aromatic heterocycles. The van der Waals surface area contributed by atoms with Crippen LogP contribution in [-0.2, 0) is 4.79 Å². The molecule has 0 radical (unpaired) electrons. The van der Waals surface area contributed by atoms with Crippen molar-refractivity contribution in [2.45, 2.75) is 37.6 Å². The first-order valence-corrected chi connectivity index (χ1v) is 5.79. The second-order valence-electron chi connectivity index (χ2n) is 4.52. The van der Waals surface area contributed by atoms with Gasteiger partial charge in [0.2, 0.25) is 0 Å². The van der Waals surface area contributed by atoms with Gasteiger partial charge in [-0.25, -0.2) is 0 Å². The van der Waals surface area contributed by atoms with Gasteiger partial charge in [0.25, 0.3) is 0 Å². The second-order valence-corrected chi connectivity index (χ2v) is 4.52. The molecule has 3 nitrogen and oxygen atoms in total. The molecule has 0 aromatic rings. The average molecular weight is 196 g/mol. The molecule has 2 saturated heterocycles. The highest BCUT2D eigenvalue weighted by molar-refractivity contribution is 5.64. The van der Waals surface area contributed by atoms with E-state index in [1.165, 1.54) is 25.5 Å². The summed E-state index contributed by atoms with van der Waals surface area (Å²) in [5, 5.41) is 3.33. The van der Waals surface area contributed by atoms with Gasteiger partial charge in [-0.05, 0) is 51.9 Å². The Bertz CT molecular complexity index is 193. The fraction of sp³-hybridized carbons (Fsp3) is 0.909. The molecule has 2 rings (SSSR count). The maximum atomic E-state index is 11.3. The summed E-state index contributed by atoms with van der Waals surface area (Å²) in [5.41, 5.74) is -0.119. The Hall–Kier alpha value is -0.410. The van der Waals surface area contributed by atoms with Gasteiger partial charge in [0, 0.05) is 0 Å². The first-order valence-electron chi connectivity index (χ1n) is 5.79. The van der Waals surface area contributed by atoms with Crippen molar-refractivity contribution < 1.29 is 4.79 Å². The molecule has 0 aliphatic carbocycles. The predicted octanol–water partition coefficient (Wildman–Crippen LogP) is 0.793. The third kappa shape index (κ3) is 1.84. The number of nitrogens with zero attached hydrogens (tertiary/aromatic N) is 1. The molecule has 0 spiro atoms. The zero-order chi connectivity index (χ0) is 9.86. The van der Waals surface area contributed by atoms with Gasteiger partial charge in [-0.15, -0.1) is 0 Å². The molecule has 0 unspecified atom stereocenters. The molecule has 0 amide bonds. The van der Waals surface area contributed by atoms with Crippen molar-refractivity contribution in [3.05, 3.63) is 0 Å². The number of piperidine rings is 2. The van der Waals surface area contributed by atoms with E-state index in [1.54, 1.807) is 0 Å². The minimum atomic E-state index is -0.119. The monoisotopic (exact) mass is 196 g/mol. The Morgan fingerprint density at radius 2 is 1.71 bits per heavy atom. The van der Waals surface area contributed by atoms with Crippen molar-refractivity contribution in [3.8, 4) is 0 Å². The molecular weight excluding hydrogens is 176 g/mol. The highest BCUT2D eigenvalue weighted by Gasteiger charge is 2.37. The van der Waals surface area contributed by atoms with Gasteiger partial charge in [-0.2, -0.15) is 0 Å². The van der Waals surface area contributed by atoms with E-state index in [-0.39, 0.29) is 5.54 Å². The van der Waals surface area contributed by atoms with Crippen LogP contribution in [0.4, 0.5) is 0 Å². The molecule has 2 aliphatic rings. The van der Waals surface area contributed by atoms with E-state index in [1.807, 2.05) is 0 Å². The van der Waals surface area contributed by atoms with Gasteiger partial charge in [0.15, 0.2) is 0 Å². The Kier molecular flexibility index (Phi) is 3.19. The van der Waals surface area contributed by atoms with E-state index in [0.29, 0.717) is 0 Å². The molecular formula is C11H20N2O. The van der Waals surface area contributed by atoms with E-state index in [2.05, 4.69) is 10.2 Å². The molecule has 0 aromatic carbocycles. The highest BCUT2D eigenvalue weighted by atomic mass is 16.1. The lowest BCUT2D eigenvalue weighted by molar-refractivity contribution is -0.121. The van der Waals surface area contributed by atoms with Crippen molar-refractivity contribution in [3.63, 3.8) is 0 Å². The maximum Gasteiger partial charge on any atom is 0.140 e. The number of hydrogen-bond donors (Lipinski definition) is 1. The number of carbonyl (C=O) groups excluding carboxylic acids is 1. The van der Waals surface area contributed by atoms with Crippen LogP contribution in [0.25, 0.3) is 0 Å². The van der Waals surface area contributed by atoms with E-state index in [0.717, 1.165) is 39.0 Å². The molecule has 80 valence electrons. The lowest BCUT2D eigenvalue weighted by Crippen LogP contribution is -2.57. The van der Waals surface area contributed by atoms with Crippen LogP contribution in [0, 0.1) is 0 Å². The number of hydrogen-bond acceptors (Lipinski definition) is 3. The fourth-order valence-corrected chi connectivity index (χ4v) is 2.71. The smallest absolute Gasteiger partial charge is 0.140 e. The summed E-state index contributed by atoms with van der Waals surface area (Å²) in [4.78, 5) is 13.7. The predicted molar refractivity (Wildman–Crippen MR) is 56.3 cm³/mol. The number of rotatable bonds is 2. The van der Waals surface area contributed by atoms with Crippen molar-refractivity contribution in [1.82, 2.24) is 10.2 Å². The van der Waals surface area contributed by atoms with E-state index in [4.69, 9.17) is 0 Å². The Morgan fingerprint density at radius 1 is 1.07 bits per heavy atom. The molecule has 3 heteroatoms. The lowest BCUT2D eigenvalue weighted by Gasteiger charge is -2.44. The SMILES string of the molecule is O=CC1(N2CCCCC2)CCNCC1. The Balaban J connectivity index is 2.04. The van der Waals surface area contributed by atoms with E-state index in [9.17, 15) is 4.79 Å². The second kappa shape index (κ2) is 4.41. The van der Waals surface area contributed by atoms with Gasteiger partial charge >= 0.3 is 0 Å². The van der Waals surface area contributed by atoms with Crippen LogP contribution in [-0.4, -0.2) is 42.9 Å². The molecule has 2 fully saturated rings.